The third-order valence-corrected chi connectivity index (χ3v) is 4.62. The molecule has 0 aliphatic carbocycles. The molecule has 1 fully saturated rings. The van der Waals surface area contributed by atoms with Gasteiger partial charge in [-0.05, 0) is 56.4 Å². The second kappa shape index (κ2) is 9.24. The fourth-order valence-electron chi connectivity index (χ4n) is 2.71. The molecule has 0 atom stereocenters. The van der Waals surface area contributed by atoms with Gasteiger partial charge in [-0.15, -0.1) is 0 Å². The van der Waals surface area contributed by atoms with Crippen LogP contribution in [0.25, 0.3) is 0 Å². The van der Waals surface area contributed by atoms with Gasteiger partial charge in [-0.1, -0.05) is 12.5 Å². The van der Waals surface area contributed by atoms with E-state index in [4.69, 9.17) is 0 Å². The number of thioether (sulfide) groups is 1. The van der Waals surface area contributed by atoms with Crippen LogP contribution in [0.1, 0.15) is 32.1 Å². The van der Waals surface area contributed by atoms with Gasteiger partial charge in [-0.3, -0.25) is 0 Å². The highest BCUT2D eigenvalue weighted by Crippen LogP contribution is 2.17. The van der Waals surface area contributed by atoms with Gasteiger partial charge in [0.05, 0.1) is 0 Å². The van der Waals surface area contributed by atoms with Crippen molar-refractivity contribution >= 4 is 17.6 Å². The van der Waals surface area contributed by atoms with Crippen molar-refractivity contribution in [1.29, 1.82) is 0 Å². The molecule has 2 heterocycles. The highest BCUT2D eigenvalue weighted by Gasteiger charge is 2.19. The second-order valence-electron chi connectivity index (χ2n) is 5.46. The van der Waals surface area contributed by atoms with Crippen molar-refractivity contribution in [1.82, 2.24) is 10.3 Å². The first-order valence-electron chi connectivity index (χ1n) is 7.78. The van der Waals surface area contributed by atoms with Crippen LogP contribution >= 0.6 is 11.8 Å². The smallest absolute Gasteiger partial charge is 0.128 e. The van der Waals surface area contributed by atoms with E-state index in [1.54, 1.807) is 0 Å². The Kier molecular flexibility index (Phi) is 7.23. The largest absolute Gasteiger partial charge is 0.357 e. The van der Waals surface area contributed by atoms with Crippen molar-refractivity contribution in [3.63, 3.8) is 0 Å². The van der Waals surface area contributed by atoms with Gasteiger partial charge in [-0.25, -0.2) is 4.98 Å². The number of rotatable bonds is 8. The first-order valence-corrected chi connectivity index (χ1v) is 9.18. The van der Waals surface area contributed by atoms with Gasteiger partial charge in [0.25, 0.3) is 0 Å². The van der Waals surface area contributed by atoms with Crippen molar-refractivity contribution in [2.24, 2.45) is 0 Å². The lowest BCUT2D eigenvalue weighted by molar-refractivity contribution is 0.409. The van der Waals surface area contributed by atoms with E-state index < -0.39 is 0 Å². The standard InChI is InChI=1S/C16H27N3S/c1-20-14-6-2-4-10-17-15-8-12-19(13-9-15)16-7-3-5-11-18-16/h3,5,7,11,15,17H,2,4,6,8-10,12-14H2,1H3. The summed E-state index contributed by atoms with van der Waals surface area (Å²) in [5.41, 5.74) is 0. The first kappa shape index (κ1) is 15.6. The molecule has 1 aliphatic rings. The molecule has 20 heavy (non-hydrogen) atoms. The zero-order valence-electron chi connectivity index (χ0n) is 12.6. The van der Waals surface area contributed by atoms with E-state index in [9.17, 15) is 0 Å². The van der Waals surface area contributed by atoms with Crippen molar-refractivity contribution in [2.75, 3.05) is 36.5 Å². The summed E-state index contributed by atoms with van der Waals surface area (Å²) in [4.78, 5) is 6.83. The van der Waals surface area contributed by atoms with Crippen molar-refractivity contribution in [3.05, 3.63) is 24.4 Å². The lowest BCUT2D eigenvalue weighted by Gasteiger charge is -2.33. The number of nitrogens with one attached hydrogen (secondary N) is 1. The van der Waals surface area contributed by atoms with Crippen molar-refractivity contribution in [2.45, 2.75) is 38.1 Å². The summed E-state index contributed by atoms with van der Waals surface area (Å²) in [5.74, 6) is 2.44. The maximum Gasteiger partial charge on any atom is 0.128 e. The number of unbranched alkanes of at least 4 members (excludes halogenated alkanes) is 2. The Bertz CT molecular complexity index is 350. The lowest BCUT2D eigenvalue weighted by atomic mass is 10.0. The molecule has 0 amide bonds. The van der Waals surface area contributed by atoms with E-state index in [1.807, 2.05) is 24.0 Å². The maximum absolute atomic E-state index is 4.43. The minimum atomic E-state index is 0.704. The predicted octanol–water partition coefficient (Wildman–Crippen LogP) is 3.17. The Balaban J connectivity index is 1.58. The highest BCUT2D eigenvalue weighted by atomic mass is 32.2. The summed E-state index contributed by atoms with van der Waals surface area (Å²) >= 11 is 1.95. The number of hydrogen-bond acceptors (Lipinski definition) is 4. The van der Waals surface area contributed by atoms with E-state index in [-0.39, 0.29) is 0 Å². The summed E-state index contributed by atoms with van der Waals surface area (Å²) in [7, 11) is 0. The topological polar surface area (TPSA) is 28.2 Å². The van der Waals surface area contributed by atoms with Crippen LogP contribution in [-0.2, 0) is 0 Å². The summed E-state index contributed by atoms with van der Waals surface area (Å²) in [6.45, 7) is 3.44. The Labute approximate surface area is 127 Å². The quantitative estimate of drug-likeness (QED) is 0.745. The van der Waals surface area contributed by atoms with Gasteiger partial charge in [-0.2, -0.15) is 11.8 Å². The minimum absolute atomic E-state index is 0.704. The minimum Gasteiger partial charge on any atom is -0.357 e. The number of aromatic nitrogens is 1. The van der Waals surface area contributed by atoms with Gasteiger partial charge in [0.1, 0.15) is 5.82 Å². The van der Waals surface area contributed by atoms with E-state index in [0.29, 0.717) is 6.04 Å². The highest BCUT2D eigenvalue weighted by molar-refractivity contribution is 7.98. The summed E-state index contributed by atoms with van der Waals surface area (Å²) in [6.07, 6.45) is 10.6. The van der Waals surface area contributed by atoms with Crippen LogP contribution in [0.2, 0.25) is 0 Å². The average Bonchev–Trinajstić information content (AvgIpc) is 2.52. The van der Waals surface area contributed by atoms with E-state index in [2.05, 4.69) is 33.6 Å². The molecular weight excluding hydrogens is 266 g/mol. The van der Waals surface area contributed by atoms with E-state index in [1.165, 1.54) is 44.4 Å². The van der Waals surface area contributed by atoms with Crippen LogP contribution in [0.5, 0.6) is 0 Å². The van der Waals surface area contributed by atoms with Gasteiger partial charge < -0.3 is 10.2 Å². The van der Waals surface area contributed by atoms with E-state index in [0.717, 1.165) is 18.9 Å². The van der Waals surface area contributed by atoms with Gasteiger partial charge in [0.15, 0.2) is 0 Å². The molecule has 0 saturated carbocycles. The molecule has 0 spiro atoms. The van der Waals surface area contributed by atoms with Crippen molar-refractivity contribution in [3.8, 4) is 0 Å². The SMILES string of the molecule is CSCCCCCNC1CCN(c2ccccn2)CC1. The molecule has 0 radical (unpaired) electrons. The molecule has 4 heteroatoms. The Morgan fingerprint density at radius 2 is 2.10 bits per heavy atom. The van der Waals surface area contributed by atoms with Crippen LogP contribution in [0, 0.1) is 0 Å². The number of nitrogens with zero attached hydrogens (tertiary/aromatic N) is 2. The van der Waals surface area contributed by atoms with Crippen LogP contribution in [0.15, 0.2) is 24.4 Å². The Morgan fingerprint density at radius 1 is 1.25 bits per heavy atom. The number of pyridine rings is 1. The number of anilines is 1. The lowest BCUT2D eigenvalue weighted by Crippen LogP contribution is -2.43. The fourth-order valence-corrected chi connectivity index (χ4v) is 3.20. The fraction of sp³-hybridized carbons (Fsp3) is 0.688. The molecule has 2 rings (SSSR count). The summed E-state index contributed by atoms with van der Waals surface area (Å²) in [5, 5.41) is 3.72. The molecule has 0 unspecified atom stereocenters. The van der Waals surface area contributed by atoms with Crippen LogP contribution < -0.4 is 10.2 Å². The van der Waals surface area contributed by atoms with Crippen LogP contribution in [-0.4, -0.2) is 42.7 Å². The average molecular weight is 293 g/mol. The molecule has 1 aromatic rings. The molecular formula is C16H27N3S. The predicted molar refractivity (Wildman–Crippen MR) is 89.7 cm³/mol. The molecule has 3 nitrogen and oxygen atoms in total. The zero-order valence-corrected chi connectivity index (χ0v) is 13.4. The Morgan fingerprint density at radius 3 is 2.80 bits per heavy atom. The third kappa shape index (κ3) is 5.33. The van der Waals surface area contributed by atoms with Crippen LogP contribution in [0.3, 0.4) is 0 Å². The van der Waals surface area contributed by atoms with Gasteiger partial charge >= 0.3 is 0 Å². The molecule has 1 aromatic heterocycles. The summed E-state index contributed by atoms with van der Waals surface area (Å²) in [6, 6.07) is 6.87. The molecule has 0 bridgehead atoms. The molecule has 1 N–H and O–H groups in total. The van der Waals surface area contributed by atoms with Gasteiger partial charge in [0, 0.05) is 25.3 Å². The normalized spacial score (nSPS) is 16.6. The second-order valence-corrected chi connectivity index (χ2v) is 6.44. The Hall–Kier alpha value is -0.740. The molecule has 1 saturated heterocycles. The zero-order chi connectivity index (χ0) is 14.0. The third-order valence-electron chi connectivity index (χ3n) is 3.93. The number of piperidine rings is 1. The monoisotopic (exact) mass is 293 g/mol. The van der Waals surface area contributed by atoms with Crippen LogP contribution in [0.4, 0.5) is 5.82 Å². The number of hydrogen-bond donors (Lipinski definition) is 1. The van der Waals surface area contributed by atoms with E-state index >= 15 is 0 Å². The molecule has 112 valence electrons. The first-order chi connectivity index (χ1) is 9.90. The van der Waals surface area contributed by atoms with Crippen molar-refractivity contribution < 1.29 is 0 Å². The summed E-state index contributed by atoms with van der Waals surface area (Å²) < 4.78 is 0. The molecule has 1 aliphatic heterocycles. The van der Waals surface area contributed by atoms with Gasteiger partial charge in [0.2, 0.25) is 0 Å². The maximum atomic E-state index is 4.43. The molecule has 0 aromatic carbocycles.